The van der Waals surface area contributed by atoms with Gasteiger partial charge in [-0.25, -0.2) is 0 Å². The van der Waals surface area contributed by atoms with E-state index in [1.54, 1.807) is 6.08 Å². The van der Waals surface area contributed by atoms with E-state index in [0.717, 1.165) is 6.42 Å². The summed E-state index contributed by atoms with van der Waals surface area (Å²) in [6.45, 7) is 4.28. The second-order valence-electron chi connectivity index (χ2n) is 3.60. The van der Waals surface area contributed by atoms with Crippen molar-refractivity contribution in [2.75, 3.05) is 0 Å². The molecule has 2 nitrogen and oxygen atoms in total. The third-order valence-electron chi connectivity index (χ3n) is 2.20. The van der Waals surface area contributed by atoms with Gasteiger partial charge in [0.05, 0.1) is 0 Å². The van der Waals surface area contributed by atoms with Crippen molar-refractivity contribution < 1.29 is 0 Å². The molecule has 1 saturated carbocycles. The van der Waals surface area contributed by atoms with Crippen LogP contribution in [0.5, 0.6) is 0 Å². The standard InChI is InChI=1S/C9H10N2/c1-9(2)4-8(9)3-7(5-10)6-11/h3,8H,4H2,1-2H3. The van der Waals surface area contributed by atoms with E-state index in [1.165, 1.54) is 0 Å². The molecule has 1 unspecified atom stereocenters. The molecule has 56 valence electrons. The van der Waals surface area contributed by atoms with E-state index < -0.39 is 0 Å². The second kappa shape index (κ2) is 2.40. The zero-order valence-corrected chi connectivity index (χ0v) is 6.76. The SMILES string of the molecule is CC1(C)CC1C=C(C#N)C#N. The van der Waals surface area contributed by atoms with E-state index >= 15 is 0 Å². The molecule has 1 aliphatic rings. The van der Waals surface area contributed by atoms with Gasteiger partial charge < -0.3 is 0 Å². The first-order chi connectivity index (χ1) is 5.10. The molecular formula is C9H10N2. The highest BCUT2D eigenvalue weighted by Gasteiger charge is 2.44. The van der Waals surface area contributed by atoms with Crippen LogP contribution in [0.4, 0.5) is 0 Å². The Labute approximate surface area is 66.7 Å². The van der Waals surface area contributed by atoms with Crippen LogP contribution in [-0.4, -0.2) is 0 Å². The topological polar surface area (TPSA) is 47.6 Å². The number of hydrogen-bond acceptors (Lipinski definition) is 2. The van der Waals surface area contributed by atoms with Crippen molar-refractivity contribution in [2.24, 2.45) is 11.3 Å². The Morgan fingerprint density at radius 2 is 1.91 bits per heavy atom. The van der Waals surface area contributed by atoms with Crippen molar-refractivity contribution in [3.8, 4) is 12.1 Å². The summed E-state index contributed by atoms with van der Waals surface area (Å²) >= 11 is 0. The molecule has 0 bridgehead atoms. The fraction of sp³-hybridized carbons (Fsp3) is 0.556. The lowest BCUT2D eigenvalue weighted by Crippen LogP contribution is -1.87. The van der Waals surface area contributed by atoms with Crippen molar-refractivity contribution in [3.63, 3.8) is 0 Å². The Morgan fingerprint density at radius 1 is 1.45 bits per heavy atom. The smallest absolute Gasteiger partial charge is 0.126 e. The van der Waals surface area contributed by atoms with E-state index in [1.807, 2.05) is 12.1 Å². The molecule has 0 amide bonds. The molecule has 0 N–H and O–H groups in total. The van der Waals surface area contributed by atoms with Crippen LogP contribution < -0.4 is 0 Å². The highest BCUT2D eigenvalue weighted by atomic mass is 14.5. The zero-order valence-electron chi connectivity index (χ0n) is 6.76. The van der Waals surface area contributed by atoms with Crippen LogP contribution in [0, 0.1) is 34.0 Å². The van der Waals surface area contributed by atoms with Crippen molar-refractivity contribution in [1.29, 1.82) is 10.5 Å². The van der Waals surface area contributed by atoms with E-state index in [-0.39, 0.29) is 5.57 Å². The van der Waals surface area contributed by atoms with Crippen LogP contribution in [0.15, 0.2) is 11.6 Å². The Hall–Kier alpha value is -1.28. The molecule has 1 fully saturated rings. The van der Waals surface area contributed by atoms with Crippen LogP contribution in [0.3, 0.4) is 0 Å². The first-order valence-electron chi connectivity index (χ1n) is 3.62. The zero-order chi connectivity index (χ0) is 8.48. The minimum Gasteiger partial charge on any atom is -0.192 e. The first-order valence-corrected chi connectivity index (χ1v) is 3.62. The molecule has 1 rings (SSSR count). The van der Waals surface area contributed by atoms with Crippen LogP contribution in [0.2, 0.25) is 0 Å². The summed E-state index contributed by atoms with van der Waals surface area (Å²) < 4.78 is 0. The van der Waals surface area contributed by atoms with Crippen LogP contribution in [0.1, 0.15) is 20.3 Å². The third kappa shape index (κ3) is 1.59. The maximum Gasteiger partial charge on any atom is 0.126 e. The average molecular weight is 146 g/mol. The lowest BCUT2D eigenvalue weighted by atomic mass is 10.1. The molecule has 0 radical (unpaired) electrons. The van der Waals surface area contributed by atoms with Gasteiger partial charge in [-0.3, -0.25) is 0 Å². The molecule has 0 aliphatic heterocycles. The summed E-state index contributed by atoms with van der Waals surface area (Å²) in [4.78, 5) is 0. The van der Waals surface area contributed by atoms with Crippen molar-refractivity contribution in [1.82, 2.24) is 0 Å². The Bertz CT molecular complexity index is 257. The summed E-state index contributed by atoms with van der Waals surface area (Å²) in [6.07, 6.45) is 2.87. The minimum absolute atomic E-state index is 0.251. The lowest BCUT2D eigenvalue weighted by Gasteiger charge is -1.94. The normalized spacial score (nSPS) is 24.5. The Morgan fingerprint density at radius 3 is 2.18 bits per heavy atom. The molecule has 0 aromatic heterocycles. The largest absolute Gasteiger partial charge is 0.192 e. The van der Waals surface area contributed by atoms with E-state index in [0.29, 0.717) is 11.3 Å². The summed E-state index contributed by atoms with van der Waals surface area (Å²) in [5.74, 6) is 0.441. The second-order valence-corrected chi connectivity index (χ2v) is 3.60. The predicted octanol–water partition coefficient (Wildman–Crippen LogP) is 2.01. The number of allylic oxidation sites excluding steroid dienone is 2. The van der Waals surface area contributed by atoms with Gasteiger partial charge in [-0.2, -0.15) is 10.5 Å². The molecule has 1 atom stereocenters. The van der Waals surface area contributed by atoms with Gasteiger partial charge in [0.2, 0.25) is 0 Å². The molecule has 11 heavy (non-hydrogen) atoms. The summed E-state index contributed by atoms with van der Waals surface area (Å²) in [6, 6.07) is 3.72. The number of rotatable bonds is 1. The van der Waals surface area contributed by atoms with Gasteiger partial charge in [-0.05, 0) is 17.8 Å². The number of nitriles is 2. The van der Waals surface area contributed by atoms with Gasteiger partial charge in [-0.15, -0.1) is 0 Å². The van der Waals surface area contributed by atoms with Crippen molar-refractivity contribution in [2.45, 2.75) is 20.3 Å². The van der Waals surface area contributed by atoms with Crippen molar-refractivity contribution in [3.05, 3.63) is 11.6 Å². The van der Waals surface area contributed by atoms with Gasteiger partial charge >= 0.3 is 0 Å². The minimum atomic E-state index is 0.251. The van der Waals surface area contributed by atoms with Crippen molar-refractivity contribution >= 4 is 0 Å². The monoisotopic (exact) mass is 146 g/mol. The Kier molecular flexibility index (Phi) is 1.71. The molecule has 0 saturated heterocycles. The maximum absolute atomic E-state index is 8.43. The summed E-state index contributed by atoms with van der Waals surface area (Å²) in [5.41, 5.74) is 0.569. The number of hydrogen-bond donors (Lipinski definition) is 0. The Balaban J connectivity index is 2.64. The maximum atomic E-state index is 8.43. The quantitative estimate of drug-likeness (QED) is 0.531. The molecule has 0 spiro atoms. The average Bonchev–Trinajstić information content (AvgIpc) is 2.54. The third-order valence-corrected chi connectivity index (χ3v) is 2.20. The van der Waals surface area contributed by atoms with Gasteiger partial charge in [-0.1, -0.05) is 19.9 Å². The fourth-order valence-corrected chi connectivity index (χ4v) is 1.09. The number of nitrogens with zero attached hydrogens (tertiary/aromatic N) is 2. The molecule has 0 heterocycles. The first kappa shape index (κ1) is 7.82. The van der Waals surface area contributed by atoms with E-state index in [9.17, 15) is 0 Å². The lowest BCUT2D eigenvalue weighted by molar-refractivity contribution is 0.609. The van der Waals surface area contributed by atoms with E-state index in [4.69, 9.17) is 10.5 Å². The molecular weight excluding hydrogens is 136 g/mol. The highest BCUT2D eigenvalue weighted by molar-refractivity contribution is 5.37. The fourth-order valence-electron chi connectivity index (χ4n) is 1.09. The molecule has 1 aliphatic carbocycles. The van der Waals surface area contributed by atoms with Gasteiger partial charge in [0.1, 0.15) is 17.7 Å². The summed E-state index contributed by atoms with van der Waals surface area (Å²) in [5, 5.41) is 16.9. The summed E-state index contributed by atoms with van der Waals surface area (Å²) in [7, 11) is 0. The van der Waals surface area contributed by atoms with E-state index in [2.05, 4.69) is 13.8 Å². The van der Waals surface area contributed by atoms with Crippen LogP contribution in [0.25, 0.3) is 0 Å². The van der Waals surface area contributed by atoms with Crippen LogP contribution >= 0.6 is 0 Å². The van der Waals surface area contributed by atoms with Gasteiger partial charge in [0, 0.05) is 0 Å². The molecule has 2 heteroatoms. The molecule has 0 aromatic rings. The predicted molar refractivity (Wildman–Crippen MR) is 41.2 cm³/mol. The van der Waals surface area contributed by atoms with Gasteiger partial charge in [0.15, 0.2) is 0 Å². The van der Waals surface area contributed by atoms with Gasteiger partial charge in [0.25, 0.3) is 0 Å². The molecule has 0 aromatic carbocycles. The van der Waals surface area contributed by atoms with Crippen LogP contribution in [-0.2, 0) is 0 Å². The highest BCUT2D eigenvalue weighted by Crippen LogP contribution is 2.52.